The Balaban J connectivity index is 1.24. The van der Waals surface area contributed by atoms with Gasteiger partial charge in [-0.1, -0.05) is 43.7 Å². The van der Waals surface area contributed by atoms with E-state index >= 15 is 0 Å². The number of carbonyl (C=O) groups is 1. The van der Waals surface area contributed by atoms with Crippen LogP contribution in [0.15, 0.2) is 47.5 Å². The quantitative estimate of drug-likeness (QED) is 0.572. The van der Waals surface area contributed by atoms with Crippen LogP contribution in [-0.4, -0.2) is 75.2 Å². The number of amides is 1. The van der Waals surface area contributed by atoms with E-state index < -0.39 is 5.60 Å². The molecule has 0 saturated carbocycles. The molecule has 190 valence electrons. The minimum absolute atomic E-state index is 0.113. The van der Waals surface area contributed by atoms with Crippen LogP contribution < -0.4 is 10.9 Å². The molecule has 35 heavy (non-hydrogen) atoms. The van der Waals surface area contributed by atoms with Gasteiger partial charge in [0.25, 0.3) is 5.56 Å². The summed E-state index contributed by atoms with van der Waals surface area (Å²) in [6.45, 7) is 7.24. The summed E-state index contributed by atoms with van der Waals surface area (Å²) in [7, 11) is 0. The zero-order chi connectivity index (χ0) is 24.7. The fraction of sp³-hybridized carbons (Fsp3) is 0.593. The summed E-state index contributed by atoms with van der Waals surface area (Å²) in [4.78, 5) is 34.1. The fourth-order valence-electron chi connectivity index (χ4n) is 5.10. The van der Waals surface area contributed by atoms with Crippen molar-refractivity contribution in [3.63, 3.8) is 0 Å². The normalized spacial score (nSPS) is 19.3. The van der Waals surface area contributed by atoms with Crippen molar-refractivity contribution in [1.82, 2.24) is 19.4 Å². The van der Waals surface area contributed by atoms with Gasteiger partial charge in [0, 0.05) is 38.7 Å². The molecule has 2 saturated heterocycles. The third-order valence-corrected chi connectivity index (χ3v) is 7.42. The molecular formula is C27H39N5O3. The second-order valence-corrected chi connectivity index (χ2v) is 10.2. The highest BCUT2D eigenvalue weighted by molar-refractivity contribution is 5.77. The number of aromatic nitrogens is 2. The highest BCUT2D eigenvalue weighted by Crippen LogP contribution is 2.26. The van der Waals surface area contributed by atoms with Crippen molar-refractivity contribution < 1.29 is 9.90 Å². The van der Waals surface area contributed by atoms with Crippen LogP contribution in [0.2, 0.25) is 0 Å². The Kier molecular flexibility index (Phi) is 8.57. The van der Waals surface area contributed by atoms with Crippen molar-refractivity contribution in [3.8, 4) is 0 Å². The van der Waals surface area contributed by atoms with Crippen molar-refractivity contribution >= 4 is 11.7 Å². The molecule has 0 spiro atoms. The molecule has 2 N–H and O–H groups in total. The number of carbonyl (C=O) groups excluding carboxylic acids is 1. The first-order valence-corrected chi connectivity index (χ1v) is 13.0. The summed E-state index contributed by atoms with van der Waals surface area (Å²) >= 11 is 0. The molecule has 1 aromatic heterocycles. The van der Waals surface area contributed by atoms with Crippen LogP contribution >= 0.6 is 0 Å². The van der Waals surface area contributed by atoms with E-state index in [9.17, 15) is 14.7 Å². The van der Waals surface area contributed by atoms with Gasteiger partial charge in [0.1, 0.15) is 5.82 Å². The molecule has 1 aromatic carbocycles. The molecule has 0 aliphatic carbocycles. The number of nitrogens with zero attached hydrogens (tertiary/aromatic N) is 4. The van der Waals surface area contributed by atoms with Crippen molar-refractivity contribution in [3.05, 3.63) is 58.6 Å². The van der Waals surface area contributed by atoms with E-state index in [1.807, 2.05) is 35.2 Å². The van der Waals surface area contributed by atoms with Crippen LogP contribution in [0, 0.1) is 0 Å². The number of aliphatic hydroxyl groups is 1. The smallest absolute Gasteiger partial charge is 0.255 e. The molecule has 1 atom stereocenters. The Bertz CT molecular complexity index is 1010. The first-order valence-electron chi connectivity index (χ1n) is 13.0. The summed E-state index contributed by atoms with van der Waals surface area (Å²) in [5, 5.41) is 14.4. The van der Waals surface area contributed by atoms with E-state index in [2.05, 4.69) is 22.1 Å². The van der Waals surface area contributed by atoms with Gasteiger partial charge in [-0.05, 0) is 50.3 Å². The van der Waals surface area contributed by atoms with Gasteiger partial charge in [-0.15, -0.1) is 0 Å². The highest BCUT2D eigenvalue weighted by atomic mass is 16.3. The average molecular weight is 482 g/mol. The number of benzene rings is 1. The van der Waals surface area contributed by atoms with E-state index in [0.717, 1.165) is 31.7 Å². The topological polar surface area (TPSA) is 90.7 Å². The van der Waals surface area contributed by atoms with Crippen LogP contribution in [0.1, 0.15) is 56.9 Å². The number of piperidine rings is 2. The Labute approximate surface area is 208 Å². The minimum atomic E-state index is -1.02. The van der Waals surface area contributed by atoms with E-state index in [1.54, 1.807) is 0 Å². The maximum absolute atomic E-state index is 12.8. The number of likely N-dealkylation sites (tertiary alicyclic amines) is 2. The Morgan fingerprint density at radius 1 is 1.11 bits per heavy atom. The molecule has 4 rings (SSSR count). The van der Waals surface area contributed by atoms with Crippen LogP contribution in [0.25, 0.3) is 0 Å². The molecule has 2 aliphatic heterocycles. The molecule has 8 nitrogen and oxygen atoms in total. The Morgan fingerprint density at radius 2 is 1.83 bits per heavy atom. The fourth-order valence-corrected chi connectivity index (χ4v) is 5.10. The molecule has 2 aliphatic rings. The van der Waals surface area contributed by atoms with E-state index in [0.29, 0.717) is 38.2 Å². The SMILES string of the molecule is C[C@H](CC(=O)N1CCC(O)(Cn2cnc(NCCN3CCCCC3)cc2=O)CC1)c1ccccc1. The molecule has 3 heterocycles. The lowest BCUT2D eigenvalue weighted by Crippen LogP contribution is -2.49. The maximum Gasteiger partial charge on any atom is 0.255 e. The van der Waals surface area contributed by atoms with Gasteiger partial charge in [-0.3, -0.25) is 14.2 Å². The second kappa shape index (κ2) is 11.8. The maximum atomic E-state index is 12.8. The molecule has 8 heteroatoms. The van der Waals surface area contributed by atoms with Gasteiger partial charge in [-0.2, -0.15) is 0 Å². The second-order valence-electron chi connectivity index (χ2n) is 10.2. The zero-order valence-corrected chi connectivity index (χ0v) is 20.9. The average Bonchev–Trinajstić information content (AvgIpc) is 2.87. The Morgan fingerprint density at radius 3 is 2.51 bits per heavy atom. The number of hydrogen-bond donors (Lipinski definition) is 2. The van der Waals surface area contributed by atoms with Gasteiger partial charge in [0.2, 0.25) is 5.91 Å². The summed E-state index contributed by atoms with van der Waals surface area (Å²) in [6.07, 6.45) is 6.70. The summed E-state index contributed by atoms with van der Waals surface area (Å²) in [6, 6.07) is 11.6. The third kappa shape index (κ3) is 7.15. The zero-order valence-electron chi connectivity index (χ0n) is 20.9. The number of nitrogens with one attached hydrogen (secondary N) is 1. The van der Waals surface area contributed by atoms with E-state index in [1.165, 1.54) is 36.2 Å². The number of rotatable bonds is 9. The highest BCUT2D eigenvalue weighted by Gasteiger charge is 2.34. The molecule has 0 bridgehead atoms. The molecular weight excluding hydrogens is 442 g/mol. The lowest BCUT2D eigenvalue weighted by atomic mass is 9.90. The third-order valence-electron chi connectivity index (χ3n) is 7.42. The standard InChI is InChI=1S/C27H39N5O3/c1-22(23-8-4-2-5-9-23)18-25(33)31-15-10-27(35,11-16-31)20-32-21-29-24(19-26(32)34)28-12-17-30-13-6-3-7-14-30/h2,4-5,8-9,19,21-22,28,35H,3,6-7,10-18,20H2,1H3/t22-/m1/s1. The van der Waals surface area contributed by atoms with Crippen molar-refractivity contribution in [2.75, 3.05) is 44.6 Å². The van der Waals surface area contributed by atoms with Crippen LogP contribution in [0.3, 0.4) is 0 Å². The molecule has 0 radical (unpaired) electrons. The number of anilines is 1. The van der Waals surface area contributed by atoms with Crippen LogP contribution in [0.4, 0.5) is 5.82 Å². The first kappa shape index (κ1) is 25.4. The Hall–Kier alpha value is -2.71. The lowest BCUT2D eigenvalue weighted by Gasteiger charge is -2.38. The summed E-state index contributed by atoms with van der Waals surface area (Å²) in [5.41, 5.74) is -0.0361. The lowest BCUT2D eigenvalue weighted by molar-refractivity contribution is -0.136. The van der Waals surface area contributed by atoms with Crippen molar-refractivity contribution in [2.45, 2.75) is 63.5 Å². The predicted molar refractivity (Wildman–Crippen MR) is 138 cm³/mol. The molecule has 2 fully saturated rings. The van der Waals surface area contributed by atoms with Crippen LogP contribution in [-0.2, 0) is 11.3 Å². The van der Waals surface area contributed by atoms with Gasteiger partial charge >= 0.3 is 0 Å². The molecule has 0 unspecified atom stereocenters. The number of hydrogen-bond acceptors (Lipinski definition) is 6. The monoisotopic (exact) mass is 481 g/mol. The minimum Gasteiger partial charge on any atom is -0.388 e. The van der Waals surface area contributed by atoms with E-state index in [-0.39, 0.29) is 23.9 Å². The van der Waals surface area contributed by atoms with Crippen molar-refractivity contribution in [1.29, 1.82) is 0 Å². The van der Waals surface area contributed by atoms with Crippen molar-refractivity contribution in [2.24, 2.45) is 0 Å². The van der Waals surface area contributed by atoms with Crippen LogP contribution in [0.5, 0.6) is 0 Å². The first-order chi connectivity index (χ1) is 16.9. The van der Waals surface area contributed by atoms with Gasteiger partial charge in [0.15, 0.2) is 0 Å². The van der Waals surface area contributed by atoms with E-state index in [4.69, 9.17) is 0 Å². The van der Waals surface area contributed by atoms with Gasteiger partial charge in [-0.25, -0.2) is 4.98 Å². The van der Waals surface area contributed by atoms with Gasteiger partial charge < -0.3 is 20.2 Å². The molecule has 1 amide bonds. The largest absolute Gasteiger partial charge is 0.388 e. The summed E-state index contributed by atoms with van der Waals surface area (Å²) < 4.78 is 1.48. The summed E-state index contributed by atoms with van der Waals surface area (Å²) in [5.74, 6) is 0.839. The molecule has 2 aromatic rings. The van der Waals surface area contributed by atoms with Gasteiger partial charge in [0.05, 0.1) is 18.5 Å². The predicted octanol–water partition coefficient (Wildman–Crippen LogP) is 2.69.